The van der Waals surface area contributed by atoms with Crippen LogP contribution in [0.3, 0.4) is 0 Å². The minimum atomic E-state index is -0.157. The molecule has 0 heterocycles. The van der Waals surface area contributed by atoms with Crippen molar-refractivity contribution in [3.8, 4) is 0 Å². The molecule has 0 amide bonds. The van der Waals surface area contributed by atoms with Crippen molar-refractivity contribution in [3.05, 3.63) is 0 Å². The largest absolute Gasteiger partial charge is 0.469 e. The molecule has 0 saturated carbocycles. The smallest absolute Gasteiger partial charge is 0.305 e. The standard InChI is InChI=1S/C4H8O2.CH2O/c1-3-4(5)6-2;1-2/h3H2,1-2H3;1H2. The van der Waals surface area contributed by atoms with E-state index in [1.807, 2.05) is 6.79 Å². The molecule has 0 aliphatic heterocycles. The molecule has 0 saturated heterocycles. The number of esters is 1. The molecule has 0 N–H and O–H groups in total. The fourth-order valence-corrected chi connectivity index (χ4v) is 0.144. The van der Waals surface area contributed by atoms with Crippen LogP contribution in [0.5, 0.6) is 0 Å². The molecule has 0 radical (unpaired) electrons. The van der Waals surface area contributed by atoms with Gasteiger partial charge in [0.2, 0.25) is 0 Å². The number of carbonyl (C=O) groups is 2. The van der Waals surface area contributed by atoms with Crippen LogP contribution < -0.4 is 0 Å². The zero-order chi connectivity index (χ0) is 6.99. The first kappa shape index (κ1) is 10.2. The molecule has 0 fully saturated rings. The van der Waals surface area contributed by atoms with Crippen molar-refractivity contribution < 1.29 is 14.3 Å². The molecule has 0 rings (SSSR count). The van der Waals surface area contributed by atoms with Gasteiger partial charge in [-0.3, -0.25) is 4.79 Å². The van der Waals surface area contributed by atoms with Crippen LogP contribution in [0.1, 0.15) is 13.3 Å². The van der Waals surface area contributed by atoms with Crippen molar-refractivity contribution in [1.29, 1.82) is 0 Å². The molecule has 3 nitrogen and oxygen atoms in total. The lowest BCUT2D eigenvalue weighted by atomic mass is 10.5. The lowest BCUT2D eigenvalue weighted by Gasteiger charge is -1.87. The van der Waals surface area contributed by atoms with Crippen LogP contribution in [0.25, 0.3) is 0 Å². The fourth-order valence-electron chi connectivity index (χ4n) is 0.144. The van der Waals surface area contributed by atoms with E-state index in [1.54, 1.807) is 6.92 Å². The van der Waals surface area contributed by atoms with Crippen LogP contribution in [0, 0.1) is 0 Å². The first-order chi connectivity index (χ1) is 3.81. The fraction of sp³-hybridized carbons (Fsp3) is 0.600. The summed E-state index contributed by atoms with van der Waals surface area (Å²) in [7, 11) is 1.38. The Labute approximate surface area is 48.6 Å². The summed E-state index contributed by atoms with van der Waals surface area (Å²) in [4.78, 5) is 18.0. The van der Waals surface area contributed by atoms with Crippen LogP contribution in [-0.2, 0) is 14.3 Å². The quantitative estimate of drug-likeness (QED) is 0.467. The molecule has 3 heteroatoms. The maximum atomic E-state index is 9.96. The maximum Gasteiger partial charge on any atom is 0.305 e. The molecule has 0 unspecified atom stereocenters. The Morgan fingerprint density at radius 1 is 1.62 bits per heavy atom. The average Bonchev–Trinajstić information content (AvgIpc) is 1.91. The summed E-state index contributed by atoms with van der Waals surface area (Å²) in [6, 6.07) is 0. The Morgan fingerprint density at radius 3 is 2.00 bits per heavy atom. The second-order valence-electron chi connectivity index (χ2n) is 0.930. The Hall–Kier alpha value is -0.860. The van der Waals surface area contributed by atoms with Crippen molar-refractivity contribution >= 4 is 12.8 Å². The van der Waals surface area contributed by atoms with Crippen LogP contribution in [-0.4, -0.2) is 19.9 Å². The van der Waals surface area contributed by atoms with E-state index in [4.69, 9.17) is 4.79 Å². The van der Waals surface area contributed by atoms with E-state index >= 15 is 0 Å². The molecular weight excluding hydrogens is 108 g/mol. The summed E-state index contributed by atoms with van der Waals surface area (Å²) >= 11 is 0. The summed E-state index contributed by atoms with van der Waals surface area (Å²) in [5.74, 6) is -0.157. The van der Waals surface area contributed by atoms with Gasteiger partial charge in [-0.2, -0.15) is 0 Å². The molecule has 0 aliphatic carbocycles. The van der Waals surface area contributed by atoms with Gasteiger partial charge in [0.1, 0.15) is 6.79 Å². The maximum absolute atomic E-state index is 9.96. The predicted octanol–water partition coefficient (Wildman–Crippen LogP) is 0.384. The van der Waals surface area contributed by atoms with E-state index in [0.717, 1.165) is 0 Å². The van der Waals surface area contributed by atoms with Gasteiger partial charge in [0, 0.05) is 6.42 Å². The molecule has 0 spiro atoms. The average molecular weight is 118 g/mol. The Morgan fingerprint density at radius 2 is 2.00 bits per heavy atom. The molecule has 0 aromatic heterocycles. The predicted molar refractivity (Wildman–Crippen MR) is 29.4 cm³/mol. The van der Waals surface area contributed by atoms with Crippen molar-refractivity contribution in [3.63, 3.8) is 0 Å². The van der Waals surface area contributed by atoms with E-state index in [1.165, 1.54) is 7.11 Å². The third-order valence-corrected chi connectivity index (χ3v) is 0.516. The highest BCUT2D eigenvalue weighted by Gasteiger charge is 1.87. The van der Waals surface area contributed by atoms with Crippen molar-refractivity contribution in [1.82, 2.24) is 0 Å². The highest BCUT2D eigenvalue weighted by atomic mass is 16.5. The van der Waals surface area contributed by atoms with E-state index in [2.05, 4.69) is 4.74 Å². The second kappa shape index (κ2) is 9.46. The van der Waals surface area contributed by atoms with Gasteiger partial charge in [-0.25, -0.2) is 0 Å². The van der Waals surface area contributed by atoms with Gasteiger partial charge < -0.3 is 9.53 Å². The topological polar surface area (TPSA) is 43.4 Å². The Kier molecular flexibility index (Phi) is 12.1. The molecule has 0 aliphatic rings. The minimum absolute atomic E-state index is 0.157. The summed E-state index contributed by atoms with van der Waals surface area (Å²) in [5, 5.41) is 0. The number of hydrogen-bond acceptors (Lipinski definition) is 3. The highest BCUT2D eigenvalue weighted by Crippen LogP contribution is 1.76. The van der Waals surface area contributed by atoms with E-state index in [9.17, 15) is 4.79 Å². The van der Waals surface area contributed by atoms with Gasteiger partial charge in [0.05, 0.1) is 7.11 Å². The molecule has 0 aromatic rings. The van der Waals surface area contributed by atoms with E-state index in [0.29, 0.717) is 6.42 Å². The minimum Gasteiger partial charge on any atom is -0.469 e. The SMILES string of the molecule is C=O.CCC(=O)OC. The van der Waals surface area contributed by atoms with E-state index < -0.39 is 0 Å². The van der Waals surface area contributed by atoms with Gasteiger partial charge >= 0.3 is 5.97 Å². The number of ether oxygens (including phenoxy) is 1. The zero-order valence-electron chi connectivity index (χ0n) is 5.14. The molecule has 0 aromatic carbocycles. The van der Waals surface area contributed by atoms with Gasteiger partial charge in [-0.15, -0.1) is 0 Å². The number of carbonyl (C=O) groups excluding carboxylic acids is 2. The van der Waals surface area contributed by atoms with Crippen LogP contribution in [0.2, 0.25) is 0 Å². The lowest BCUT2D eigenvalue weighted by Crippen LogP contribution is -1.94. The number of methoxy groups -OCH3 is 1. The molecule has 8 heavy (non-hydrogen) atoms. The van der Waals surface area contributed by atoms with Crippen molar-refractivity contribution in [2.45, 2.75) is 13.3 Å². The Bertz CT molecular complexity index is 54.7. The lowest BCUT2D eigenvalue weighted by molar-refractivity contribution is -0.140. The highest BCUT2D eigenvalue weighted by molar-refractivity contribution is 5.68. The number of hydrogen-bond donors (Lipinski definition) is 0. The normalized spacial score (nSPS) is 6.25. The summed E-state index contributed by atoms with van der Waals surface area (Å²) in [5.41, 5.74) is 0. The van der Waals surface area contributed by atoms with Crippen LogP contribution in [0.4, 0.5) is 0 Å². The first-order valence-corrected chi connectivity index (χ1v) is 2.17. The van der Waals surface area contributed by atoms with Crippen molar-refractivity contribution in [2.24, 2.45) is 0 Å². The summed E-state index contributed by atoms with van der Waals surface area (Å²) in [6.45, 7) is 3.76. The Balaban J connectivity index is 0. The van der Waals surface area contributed by atoms with Gasteiger partial charge in [-0.05, 0) is 0 Å². The molecule has 48 valence electrons. The zero-order valence-corrected chi connectivity index (χ0v) is 5.14. The summed E-state index contributed by atoms with van der Waals surface area (Å²) < 4.78 is 4.26. The first-order valence-electron chi connectivity index (χ1n) is 2.17. The van der Waals surface area contributed by atoms with Gasteiger partial charge in [-0.1, -0.05) is 6.92 Å². The van der Waals surface area contributed by atoms with Crippen LogP contribution in [0.15, 0.2) is 0 Å². The third kappa shape index (κ3) is 8.94. The number of rotatable bonds is 1. The molecule has 0 atom stereocenters. The second-order valence-corrected chi connectivity index (χ2v) is 0.930. The van der Waals surface area contributed by atoms with Gasteiger partial charge in [0.15, 0.2) is 0 Å². The van der Waals surface area contributed by atoms with Gasteiger partial charge in [0.25, 0.3) is 0 Å². The third-order valence-electron chi connectivity index (χ3n) is 0.516. The molecule has 0 bridgehead atoms. The van der Waals surface area contributed by atoms with Crippen molar-refractivity contribution in [2.75, 3.05) is 7.11 Å². The van der Waals surface area contributed by atoms with E-state index in [-0.39, 0.29) is 5.97 Å². The monoisotopic (exact) mass is 118 g/mol. The molecular formula is C5H10O3. The summed E-state index contributed by atoms with van der Waals surface area (Å²) in [6.07, 6.45) is 0.469. The van der Waals surface area contributed by atoms with Crippen LogP contribution >= 0.6 is 0 Å².